The van der Waals surface area contributed by atoms with Gasteiger partial charge in [0.1, 0.15) is 0 Å². The van der Waals surface area contributed by atoms with E-state index in [-0.39, 0.29) is 5.91 Å². The predicted octanol–water partition coefficient (Wildman–Crippen LogP) is 3.06. The lowest BCUT2D eigenvalue weighted by atomic mass is 10.2. The Morgan fingerprint density at radius 2 is 2.29 bits per heavy atom. The summed E-state index contributed by atoms with van der Waals surface area (Å²) in [7, 11) is 0. The fourth-order valence-corrected chi connectivity index (χ4v) is 1.63. The third kappa shape index (κ3) is 3.35. The van der Waals surface area contributed by atoms with Crippen molar-refractivity contribution >= 4 is 39.3 Å². The van der Waals surface area contributed by atoms with Gasteiger partial charge in [-0.05, 0) is 36.9 Å². The van der Waals surface area contributed by atoms with E-state index in [1.54, 1.807) is 0 Å². The second-order valence-electron chi connectivity index (χ2n) is 2.95. The predicted molar refractivity (Wildman–Crippen MR) is 65.9 cm³/mol. The van der Waals surface area contributed by atoms with Crippen LogP contribution in [0.4, 0.5) is 5.69 Å². The lowest BCUT2D eigenvalue weighted by Crippen LogP contribution is -2.13. The molecule has 4 heteroatoms. The first kappa shape index (κ1) is 11.6. The van der Waals surface area contributed by atoms with Gasteiger partial charge in [-0.3, -0.25) is 4.79 Å². The Morgan fingerprint density at radius 1 is 1.57 bits per heavy atom. The number of benzene rings is 1. The standard InChI is InChI=1S/C10H12BrNOS/c1-7-5-8(3-4-9(7)11)12-10(13)6-14-2/h3-5H,6H2,1-2H3,(H,12,13). The largest absolute Gasteiger partial charge is 0.325 e. The molecule has 0 aliphatic rings. The minimum absolute atomic E-state index is 0.0409. The number of hydrogen-bond donors (Lipinski definition) is 1. The summed E-state index contributed by atoms with van der Waals surface area (Å²) in [5, 5.41) is 2.83. The van der Waals surface area contributed by atoms with E-state index in [4.69, 9.17) is 0 Å². The summed E-state index contributed by atoms with van der Waals surface area (Å²) < 4.78 is 1.06. The molecular formula is C10H12BrNOS. The van der Waals surface area contributed by atoms with Crippen LogP contribution in [-0.2, 0) is 4.79 Å². The minimum atomic E-state index is 0.0409. The lowest BCUT2D eigenvalue weighted by molar-refractivity contribution is -0.113. The molecule has 0 spiro atoms. The monoisotopic (exact) mass is 273 g/mol. The Kier molecular flexibility index (Phi) is 4.48. The summed E-state index contributed by atoms with van der Waals surface area (Å²) in [6.45, 7) is 1.99. The van der Waals surface area contributed by atoms with Crippen molar-refractivity contribution in [1.82, 2.24) is 0 Å². The molecule has 2 nitrogen and oxygen atoms in total. The van der Waals surface area contributed by atoms with Crippen LogP contribution in [0.3, 0.4) is 0 Å². The minimum Gasteiger partial charge on any atom is -0.325 e. The molecule has 0 aromatic heterocycles. The zero-order valence-corrected chi connectivity index (χ0v) is 10.5. The molecule has 0 atom stereocenters. The summed E-state index contributed by atoms with van der Waals surface area (Å²) in [6.07, 6.45) is 1.91. The average molecular weight is 274 g/mol. The molecule has 0 aliphatic heterocycles. The second kappa shape index (κ2) is 5.41. The number of hydrogen-bond acceptors (Lipinski definition) is 2. The smallest absolute Gasteiger partial charge is 0.234 e. The van der Waals surface area contributed by atoms with Crippen LogP contribution in [0.2, 0.25) is 0 Å². The Bertz CT molecular complexity index is 341. The Hall–Kier alpha value is -0.480. The maximum atomic E-state index is 11.3. The normalized spacial score (nSPS) is 9.93. The highest BCUT2D eigenvalue weighted by atomic mass is 79.9. The van der Waals surface area contributed by atoms with Crippen LogP contribution in [0.5, 0.6) is 0 Å². The molecule has 0 saturated carbocycles. The number of anilines is 1. The number of halogens is 1. The molecule has 0 saturated heterocycles. The molecule has 1 aromatic rings. The number of thioether (sulfide) groups is 1. The van der Waals surface area contributed by atoms with Crippen LogP contribution >= 0.6 is 27.7 Å². The highest BCUT2D eigenvalue weighted by Gasteiger charge is 2.01. The number of carbonyl (C=O) groups excluding carboxylic acids is 1. The van der Waals surface area contributed by atoms with Gasteiger partial charge in [-0.25, -0.2) is 0 Å². The molecule has 0 bridgehead atoms. The van der Waals surface area contributed by atoms with E-state index in [1.807, 2.05) is 31.4 Å². The number of amides is 1. The fraction of sp³-hybridized carbons (Fsp3) is 0.300. The van der Waals surface area contributed by atoms with Gasteiger partial charge in [0.2, 0.25) is 5.91 Å². The molecule has 1 aromatic carbocycles. The third-order valence-corrected chi connectivity index (χ3v) is 3.16. The topological polar surface area (TPSA) is 29.1 Å². The maximum absolute atomic E-state index is 11.3. The molecule has 0 heterocycles. The first-order valence-electron chi connectivity index (χ1n) is 4.18. The number of rotatable bonds is 3. The van der Waals surface area contributed by atoms with Gasteiger partial charge in [-0.1, -0.05) is 15.9 Å². The van der Waals surface area contributed by atoms with Crippen LogP contribution in [0.15, 0.2) is 22.7 Å². The van der Waals surface area contributed by atoms with Crippen molar-refractivity contribution in [3.8, 4) is 0 Å². The number of carbonyl (C=O) groups is 1. The van der Waals surface area contributed by atoms with Crippen molar-refractivity contribution in [2.45, 2.75) is 6.92 Å². The molecule has 0 aliphatic carbocycles. The van der Waals surface area contributed by atoms with Crippen molar-refractivity contribution in [1.29, 1.82) is 0 Å². The van der Waals surface area contributed by atoms with E-state index >= 15 is 0 Å². The summed E-state index contributed by atoms with van der Waals surface area (Å²) in [6, 6.07) is 5.77. The van der Waals surface area contributed by atoms with Crippen molar-refractivity contribution < 1.29 is 4.79 Å². The van der Waals surface area contributed by atoms with E-state index in [1.165, 1.54) is 11.8 Å². The first-order valence-corrected chi connectivity index (χ1v) is 6.37. The van der Waals surface area contributed by atoms with Crippen LogP contribution < -0.4 is 5.32 Å². The van der Waals surface area contributed by atoms with Crippen molar-refractivity contribution in [3.05, 3.63) is 28.2 Å². The first-order chi connectivity index (χ1) is 6.63. The van der Waals surface area contributed by atoms with Crippen LogP contribution in [0.25, 0.3) is 0 Å². The molecule has 0 radical (unpaired) electrons. The molecule has 14 heavy (non-hydrogen) atoms. The summed E-state index contributed by atoms with van der Waals surface area (Å²) in [4.78, 5) is 11.3. The summed E-state index contributed by atoms with van der Waals surface area (Å²) in [5.74, 6) is 0.536. The summed E-state index contributed by atoms with van der Waals surface area (Å²) in [5.41, 5.74) is 1.97. The Morgan fingerprint density at radius 3 is 2.86 bits per heavy atom. The average Bonchev–Trinajstić information content (AvgIpc) is 2.12. The Balaban J connectivity index is 2.68. The van der Waals surface area contributed by atoms with Gasteiger partial charge in [0.15, 0.2) is 0 Å². The second-order valence-corrected chi connectivity index (χ2v) is 4.67. The zero-order chi connectivity index (χ0) is 10.6. The van der Waals surface area contributed by atoms with Gasteiger partial charge in [0.05, 0.1) is 5.75 Å². The molecule has 76 valence electrons. The van der Waals surface area contributed by atoms with Gasteiger partial charge in [-0.15, -0.1) is 0 Å². The zero-order valence-electron chi connectivity index (χ0n) is 8.13. The molecule has 1 rings (SSSR count). The SMILES string of the molecule is CSCC(=O)Nc1ccc(Br)c(C)c1. The van der Waals surface area contributed by atoms with Gasteiger partial charge in [0.25, 0.3) is 0 Å². The van der Waals surface area contributed by atoms with E-state index < -0.39 is 0 Å². The molecular weight excluding hydrogens is 262 g/mol. The highest BCUT2D eigenvalue weighted by Crippen LogP contribution is 2.19. The van der Waals surface area contributed by atoms with Gasteiger partial charge in [-0.2, -0.15) is 11.8 Å². The van der Waals surface area contributed by atoms with Crippen LogP contribution in [0, 0.1) is 6.92 Å². The molecule has 1 N–H and O–H groups in total. The maximum Gasteiger partial charge on any atom is 0.234 e. The summed E-state index contributed by atoms with van der Waals surface area (Å²) >= 11 is 4.92. The van der Waals surface area contributed by atoms with Crippen LogP contribution in [0.1, 0.15) is 5.56 Å². The van der Waals surface area contributed by atoms with E-state index in [2.05, 4.69) is 21.2 Å². The van der Waals surface area contributed by atoms with E-state index in [9.17, 15) is 4.79 Å². The van der Waals surface area contributed by atoms with Gasteiger partial charge in [0, 0.05) is 10.2 Å². The quantitative estimate of drug-likeness (QED) is 0.917. The molecule has 0 unspecified atom stereocenters. The lowest BCUT2D eigenvalue weighted by Gasteiger charge is -2.05. The number of nitrogens with one attached hydrogen (secondary N) is 1. The van der Waals surface area contributed by atoms with E-state index in [0.717, 1.165) is 15.7 Å². The molecule has 0 fully saturated rings. The van der Waals surface area contributed by atoms with Crippen molar-refractivity contribution in [2.24, 2.45) is 0 Å². The van der Waals surface area contributed by atoms with Crippen molar-refractivity contribution in [3.63, 3.8) is 0 Å². The van der Waals surface area contributed by atoms with E-state index in [0.29, 0.717) is 5.75 Å². The Labute approximate surface area is 96.6 Å². The molecule has 1 amide bonds. The number of aryl methyl sites for hydroxylation is 1. The van der Waals surface area contributed by atoms with Gasteiger partial charge < -0.3 is 5.32 Å². The van der Waals surface area contributed by atoms with Gasteiger partial charge >= 0.3 is 0 Å². The van der Waals surface area contributed by atoms with Crippen LogP contribution in [-0.4, -0.2) is 17.9 Å². The van der Waals surface area contributed by atoms with Crippen molar-refractivity contribution in [2.75, 3.05) is 17.3 Å². The fourth-order valence-electron chi connectivity index (χ4n) is 1.05. The highest BCUT2D eigenvalue weighted by molar-refractivity contribution is 9.10. The third-order valence-electron chi connectivity index (χ3n) is 1.72.